The van der Waals surface area contributed by atoms with Crippen LogP contribution in [0.2, 0.25) is 5.02 Å². The van der Waals surface area contributed by atoms with E-state index in [1.807, 2.05) is 25.1 Å². The second-order valence-electron chi connectivity index (χ2n) is 3.32. The molecular weight excluding hydrogens is 210 g/mol. The van der Waals surface area contributed by atoms with E-state index in [4.69, 9.17) is 11.6 Å². The lowest BCUT2D eigenvalue weighted by Gasteiger charge is -2.05. The molecule has 0 saturated carbocycles. The van der Waals surface area contributed by atoms with E-state index in [-0.39, 0.29) is 0 Å². The minimum atomic E-state index is 0.484. The Morgan fingerprint density at radius 3 is 2.93 bits per heavy atom. The topological polar surface area (TPSA) is 30.0 Å². The first-order valence-electron chi connectivity index (χ1n) is 4.79. The van der Waals surface area contributed by atoms with Gasteiger partial charge < -0.3 is 0 Å². The molecule has 2 rings (SSSR count). The van der Waals surface area contributed by atoms with Crippen LogP contribution < -0.4 is 0 Å². The molecule has 0 saturated heterocycles. The molecule has 1 aromatic carbocycles. The van der Waals surface area contributed by atoms with Gasteiger partial charge in [0.05, 0.1) is 10.5 Å². The van der Waals surface area contributed by atoms with Crippen LogP contribution in [0.3, 0.4) is 0 Å². The lowest BCUT2D eigenvalue weighted by molar-refractivity contribution is 0.111. The number of para-hydroxylation sites is 1. The quantitative estimate of drug-likeness (QED) is 0.726. The van der Waals surface area contributed by atoms with E-state index in [1.165, 1.54) is 0 Å². The Balaban J connectivity index is 2.81. The monoisotopic (exact) mass is 219 g/mol. The molecule has 0 amide bonds. The van der Waals surface area contributed by atoms with Gasteiger partial charge in [0.1, 0.15) is 5.69 Å². The van der Waals surface area contributed by atoms with Crippen molar-refractivity contribution in [3.63, 3.8) is 0 Å². The molecule has 0 atom stereocenters. The van der Waals surface area contributed by atoms with E-state index in [1.54, 1.807) is 6.07 Å². The molecule has 0 aliphatic carbocycles. The average Bonchev–Trinajstić information content (AvgIpc) is 2.28. The number of carbonyl (C=O) groups is 1. The second-order valence-corrected chi connectivity index (χ2v) is 3.72. The van der Waals surface area contributed by atoms with Crippen LogP contribution in [0.4, 0.5) is 0 Å². The second kappa shape index (κ2) is 3.99. The number of rotatable bonds is 2. The van der Waals surface area contributed by atoms with Gasteiger partial charge in [0, 0.05) is 5.39 Å². The number of pyridine rings is 1. The molecule has 2 aromatic rings. The molecule has 0 N–H and O–H groups in total. The fourth-order valence-electron chi connectivity index (χ4n) is 1.61. The summed E-state index contributed by atoms with van der Waals surface area (Å²) >= 11 is 6.00. The molecule has 0 fully saturated rings. The Hall–Kier alpha value is -1.41. The van der Waals surface area contributed by atoms with Gasteiger partial charge >= 0.3 is 0 Å². The van der Waals surface area contributed by atoms with Crippen molar-refractivity contribution in [3.05, 3.63) is 40.5 Å². The summed E-state index contributed by atoms with van der Waals surface area (Å²) in [6.45, 7) is 2.00. The highest BCUT2D eigenvalue weighted by Gasteiger charge is 2.06. The van der Waals surface area contributed by atoms with Gasteiger partial charge in [-0.2, -0.15) is 0 Å². The number of nitrogens with zero attached hydrogens (tertiary/aromatic N) is 1. The smallest absolute Gasteiger partial charge is 0.168 e. The Kier molecular flexibility index (Phi) is 2.69. The molecule has 0 unspecified atom stereocenters. The van der Waals surface area contributed by atoms with Gasteiger partial charge in [-0.1, -0.05) is 30.7 Å². The summed E-state index contributed by atoms with van der Waals surface area (Å²) in [6.07, 6.45) is 1.57. The minimum Gasteiger partial charge on any atom is -0.296 e. The molecule has 15 heavy (non-hydrogen) atoms. The lowest BCUT2D eigenvalue weighted by atomic mass is 10.1. The summed E-state index contributed by atoms with van der Waals surface area (Å²) in [7, 11) is 0. The average molecular weight is 220 g/mol. The predicted octanol–water partition coefficient (Wildman–Crippen LogP) is 3.26. The standard InChI is InChI=1S/C12H10ClNO/c1-2-8-6-9-4-3-5-10(13)12(9)14-11(8)7-15/h3-7H,2H2,1H3. The number of fused-ring (bicyclic) bond motifs is 1. The van der Waals surface area contributed by atoms with Crippen molar-refractivity contribution in [2.75, 3.05) is 0 Å². The molecule has 0 aliphatic heterocycles. The highest BCUT2D eigenvalue weighted by atomic mass is 35.5. The zero-order valence-corrected chi connectivity index (χ0v) is 9.08. The van der Waals surface area contributed by atoms with Crippen LogP contribution in [-0.2, 0) is 6.42 Å². The Bertz CT molecular complexity index is 522. The van der Waals surface area contributed by atoms with Gasteiger partial charge in [-0.15, -0.1) is 0 Å². The molecular formula is C12H10ClNO. The minimum absolute atomic E-state index is 0.484. The van der Waals surface area contributed by atoms with Crippen LogP contribution in [-0.4, -0.2) is 11.3 Å². The summed E-state index contributed by atoms with van der Waals surface area (Å²) < 4.78 is 0. The number of benzene rings is 1. The van der Waals surface area contributed by atoms with Crippen molar-refractivity contribution in [1.29, 1.82) is 0 Å². The Morgan fingerprint density at radius 2 is 2.27 bits per heavy atom. The molecule has 1 heterocycles. The van der Waals surface area contributed by atoms with Crippen LogP contribution in [0, 0.1) is 0 Å². The Labute approximate surface area is 92.9 Å². The molecule has 1 aromatic heterocycles. The molecule has 0 bridgehead atoms. The van der Waals surface area contributed by atoms with E-state index in [2.05, 4.69) is 4.98 Å². The summed E-state index contributed by atoms with van der Waals surface area (Å²) in [6, 6.07) is 7.57. The first kappa shape index (κ1) is 10.1. The van der Waals surface area contributed by atoms with Crippen LogP contribution in [0.15, 0.2) is 24.3 Å². The largest absolute Gasteiger partial charge is 0.296 e. The number of halogens is 1. The van der Waals surface area contributed by atoms with Crippen LogP contribution in [0.1, 0.15) is 23.0 Å². The van der Waals surface area contributed by atoms with Crippen LogP contribution in [0.5, 0.6) is 0 Å². The number of aldehydes is 1. The Morgan fingerprint density at radius 1 is 1.47 bits per heavy atom. The molecule has 2 nitrogen and oxygen atoms in total. The van der Waals surface area contributed by atoms with E-state index in [9.17, 15) is 4.79 Å². The summed E-state index contributed by atoms with van der Waals surface area (Å²) in [5.74, 6) is 0. The molecule has 0 spiro atoms. The van der Waals surface area contributed by atoms with Crippen LogP contribution in [0.25, 0.3) is 10.9 Å². The van der Waals surface area contributed by atoms with Crippen molar-refractivity contribution in [3.8, 4) is 0 Å². The fraction of sp³-hybridized carbons (Fsp3) is 0.167. The van der Waals surface area contributed by atoms with Gasteiger partial charge in [-0.25, -0.2) is 4.98 Å². The third kappa shape index (κ3) is 1.73. The summed E-state index contributed by atoms with van der Waals surface area (Å²) in [4.78, 5) is 15.1. The zero-order chi connectivity index (χ0) is 10.8. The normalized spacial score (nSPS) is 10.5. The van der Waals surface area contributed by atoms with Gasteiger partial charge in [-0.05, 0) is 24.1 Å². The number of hydrogen-bond donors (Lipinski definition) is 0. The van der Waals surface area contributed by atoms with Crippen molar-refractivity contribution in [2.24, 2.45) is 0 Å². The van der Waals surface area contributed by atoms with Crippen molar-refractivity contribution < 1.29 is 4.79 Å². The van der Waals surface area contributed by atoms with Gasteiger partial charge in [0.15, 0.2) is 6.29 Å². The van der Waals surface area contributed by atoms with E-state index < -0.39 is 0 Å². The van der Waals surface area contributed by atoms with Crippen LogP contribution >= 0.6 is 11.6 Å². The highest BCUT2D eigenvalue weighted by molar-refractivity contribution is 6.35. The number of hydrogen-bond acceptors (Lipinski definition) is 2. The van der Waals surface area contributed by atoms with Gasteiger partial charge in [0.2, 0.25) is 0 Å². The molecule has 0 radical (unpaired) electrons. The number of aromatic nitrogens is 1. The SMILES string of the molecule is CCc1cc2cccc(Cl)c2nc1C=O. The first-order chi connectivity index (χ1) is 7.26. The van der Waals surface area contributed by atoms with Crippen molar-refractivity contribution in [2.45, 2.75) is 13.3 Å². The predicted molar refractivity (Wildman–Crippen MR) is 61.5 cm³/mol. The van der Waals surface area contributed by atoms with E-state index in [0.717, 1.165) is 23.7 Å². The fourth-order valence-corrected chi connectivity index (χ4v) is 1.83. The number of aryl methyl sites for hydroxylation is 1. The van der Waals surface area contributed by atoms with Crippen molar-refractivity contribution in [1.82, 2.24) is 4.98 Å². The van der Waals surface area contributed by atoms with E-state index in [0.29, 0.717) is 16.2 Å². The molecule has 76 valence electrons. The molecule has 3 heteroatoms. The molecule has 0 aliphatic rings. The maximum atomic E-state index is 10.8. The van der Waals surface area contributed by atoms with Gasteiger partial charge in [0.25, 0.3) is 0 Å². The third-order valence-electron chi connectivity index (χ3n) is 2.40. The van der Waals surface area contributed by atoms with Crippen molar-refractivity contribution >= 4 is 28.8 Å². The summed E-state index contributed by atoms with van der Waals surface area (Å²) in [5.41, 5.74) is 2.14. The summed E-state index contributed by atoms with van der Waals surface area (Å²) in [5, 5.41) is 1.56. The van der Waals surface area contributed by atoms with Gasteiger partial charge in [-0.3, -0.25) is 4.79 Å². The third-order valence-corrected chi connectivity index (χ3v) is 2.71. The van der Waals surface area contributed by atoms with E-state index >= 15 is 0 Å². The lowest BCUT2D eigenvalue weighted by Crippen LogP contribution is -1.96. The number of carbonyl (C=O) groups excluding carboxylic acids is 1. The zero-order valence-electron chi connectivity index (χ0n) is 8.33. The highest BCUT2D eigenvalue weighted by Crippen LogP contribution is 2.23. The maximum Gasteiger partial charge on any atom is 0.168 e. The maximum absolute atomic E-state index is 10.8. The first-order valence-corrected chi connectivity index (χ1v) is 5.17.